The second kappa shape index (κ2) is 6.37. The molecule has 0 saturated carbocycles. The number of benzene rings is 1. The van der Waals surface area contributed by atoms with Gasteiger partial charge in [0.25, 0.3) is 5.91 Å². The topological polar surface area (TPSA) is 62.5 Å². The molecule has 2 aromatic rings. The Bertz CT molecular complexity index is 747. The highest BCUT2D eigenvalue weighted by molar-refractivity contribution is 5.99. The number of carbonyl (C=O) groups excluding carboxylic acids is 1. The summed E-state index contributed by atoms with van der Waals surface area (Å²) in [6, 6.07) is 5.67. The number of halogens is 1. The number of hydrogen-bond acceptors (Lipinski definition) is 3. The summed E-state index contributed by atoms with van der Waals surface area (Å²) < 4.78 is 18.6. The number of amides is 1. The Morgan fingerprint density at radius 1 is 1.43 bits per heavy atom. The first-order valence-corrected chi connectivity index (χ1v) is 6.49. The van der Waals surface area contributed by atoms with Gasteiger partial charge in [-0.15, -0.1) is 0 Å². The van der Waals surface area contributed by atoms with Gasteiger partial charge in [-0.05, 0) is 30.7 Å². The van der Waals surface area contributed by atoms with Crippen molar-refractivity contribution in [2.45, 2.75) is 6.42 Å². The zero-order valence-electron chi connectivity index (χ0n) is 11.6. The number of aliphatic hydroxyl groups is 1. The monoisotopic (exact) mass is 289 g/mol. The summed E-state index contributed by atoms with van der Waals surface area (Å²) in [6.45, 7) is 3.74. The van der Waals surface area contributed by atoms with E-state index in [9.17, 15) is 9.18 Å². The summed E-state index contributed by atoms with van der Waals surface area (Å²) in [7, 11) is 1.52. The van der Waals surface area contributed by atoms with Gasteiger partial charge in [-0.1, -0.05) is 12.7 Å². The summed E-state index contributed by atoms with van der Waals surface area (Å²) in [5.74, 6) is -0.352. The molecule has 21 heavy (non-hydrogen) atoms. The SMILES string of the molecule is C=c1oc(-c2ccc(F)cc2)c(C(=O)NC)/c1=C/CCO. The summed E-state index contributed by atoms with van der Waals surface area (Å²) in [6.07, 6.45) is 2.08. The van der Waals surface area contributed by atoms with Crippen LogP contribution in [0, 0.1) is 5.82 Å². The van der Waals surface area contributed by atoms with Gasteiger partial charge in [-0.2, -0.15) is 0 Å². The van der Waals surface area contributed by atoms with E-state index in [0.717, 1.165) is 0 Å². The zero-order chi connectivity index (χ0) is 15.4. The minimum atomic E-state index is -0.367. The molecule has 0 aliphatic rings. The van der Waals surface area contributed by atoms with Gasteiger partial charge in [0.15, 0.2) is 0 Å². The third kappa shape index (κ3) is 3.03. The van der Waals surface area contributed by atoms with Crippen molar-refractivity contribution in [3.05, 3.63) is 46.3 Å². The largest absolute Gasteiger partial charge is 0.456 e. The van der Waals surface area contributed by atoms with E-state index < -0.39 is 0 Å². The fourth-order valence-corrected chi connectivity index (χ4v) is 2.07. The molecule has 0 fully saturated rings. The molecular formula is C16H16FNO3. The fourth-order valence-electron chi connectivity index (χ4n) is 2.07. The number of nitrogens with one attached hydrogen (secondary N) is 1. The normalized spacial score (nSPS) is 11.7. The maximum Gasteiger partial charge on any atom is 0.255 e. The number of furan rings is 1. The molecule has 0 atom stereocenters. The standard InChI is InChI=1S/C16H16FNO3/c1-10-13(4-3-9-19)14(16(20)18-2)15(21-10)11-5-7-12(17)8-6-11/h4-8,19H,1,3,9H2,2H3,(H,18,20)/b13-4+. The third-order valence-electron chi connectivity index (χ3n) is 3.06. The minimum absolute atomic E-state index is 0.0380. The van der Waals surface area contributed by atoms with Crippen LogP contribution in [0.4, 0.5) is 4.39 Å². The van der Waals surface area contributed by atoms with Crippen LogP contribution < -0.4 is 16.0 Å². The molecule has 0 aliphatic carbocycles. The van der Waals surface area contributed by atoms with Crippen LogP contribution in [0.5, 0.6) is 0 Å². The molecule has 1 heterocycles. The summed E-state index contributed by atoms with van der Waals surface area (Å²) in [4.78, 5) is 12.1. The van der Waals surface area contributed by atoms with E-state index in [1.165, 1.54) is 31.3 Å². The number of aliphatic hydroxyl groups excluding tert-OH is 1. The molecule has 0 bridgehead atoms. The van der Waals surface area contributed by atoms with Crippen molar-refractivity contribution in [3.8, 4) is 11.3 Å². The molecule has 2 rings (SSSR count). The van der Waals surface area contributed by atoms with Gasteiger partial charge in [0, 0.05) is 24.4 Å². The first-order valence-electron chi connectivity index (χ1n) is 6.49. The molecule has 0 aliphatic heterocycles. The lowest BCUT2D eigenvalue weighted by Crippen LogP contribution is -2.29. The average molecular weight is 289 g/mol. The molecule has 0 radical (unpaired) electrons. The quantitative estimate of drug-likeness (QED) is 0.883. The van der Waals surface area contributed by atoms with Crippen LogP contribution in [0.3, 0.4) is 0 Å². The van der Waals surface area contributed by atoms with Gasteiger partial charge >= 0.3 is 0 Å². The van der Waals surface area contributed by atoms with Gasteiger partial charge in [0.05, 0.1) is 5.56 Å². The molecular weight excluding hydrogens is 273 g/mol. The van der Waals surface area contributed by atoms with E-state index in [2.05, 4.69) is 11.9 Å². The van der Waals surface area contributed by atoms with Crippen molar-refractivity contribution in [3.63, 3.8) is 0 Å². The number of carbonyl (C=O) groups is 1. The number of rotatable bonds is 4. The van der Waals surface area contributed by atoms with Gasteiger partial charge < -0.3 is 14.8 Å². The van der Waals surface area contributed by atoms with Gasteiger partial charge in [-0.25, -0.2) is 4.39 Å². The molecule has 1 amide bonds. The maximum absolute atomic E-state index is 13.0. The summed E-state index contributed by atoms with van der Waals surface area (Å²) in [5.41, 5.74) is 1.26. The third-order valence-corrected chi connectivity index (χ3v) is 3.06. The average Bonchev–Trinajstić information content (AvgIpc) is 2.81. The highest BCUT2D eigenvalue weighted by atomic mass is 19.1. The molecule has 0 saturated heterocycles. The lowest BCUT2D eigenvalue weighted by Gasteiger charge is -2.02. The van der Waals surface area contributed by atoms with Crippen LogP contribution in [-0.4, -0.2) is 24.7 Å². The molecule has 1 aromatic carbocycles. The summed E-state index contributed by atoms with van der Waals surface area (Å²) in [5, 5.41) is 12.0. The van der Waals surface area contributed by atoms with Crippen molar-refractivity contribution in [1.29, 1.82) is 0 Å². The molecule has 2 N–H and O–H groups in total. The predicted octanol–water partition coefficient (Wildman–Crippen LogP) is 1.02. The van der Waals surface area contributed by atoms with Crippen molar-refractivity contribution in [2.24, 2.45) is 0 Å². The Labute approximate surface area is 121 Å². The van der Waals surface area contributed by atoms with Gasteiger partial charge in [0.1, 0.15) is 17.0 Å². The molecule has 5 heteroatoms. The molecule has 4 nitrogen and oxygen atoms in total. The van der Waals surface area contributed by atoms with E-state index in [1.807, 2.05) is 0 Å². The molecule has 0 spiro atoms. The smallest absolute Gasteiger partial charge is 0.255 e. The lowest BCUT2D eigenvalue weighted by molar-refractivity contribution is 0.0962. The lowest BCUT2D eigenvalue weighted by atomic mass is 10.1. The second-order valence-corrected chi connectivity index (χ2v) is 4.45. The van der Waals surface area contributed by atoms with Crippen LogP contribution in [-0.2, 0) is 0 Å². The van der Waals surface area contributed by atoms with Crippen molar-refractivity contribution < 1.29 is 18.7 Å². The summed E-state index contributed by atoms with van der Waals surface area (Å²) >= 11 is 0. The highest BCUT2D eigenvalue weighted by Crippen LogP contribution is 2.21. The Morgan fingerprint density at radius 2 is 2.10 bits per heavy atom. The van der Waals surface area contributed by atoms with Crippen molar-refractivity contribution >= 4 is 18.6 Å². The van der Waals surface area contributed by atoms with Crippen LogP contribution in [0.25, 0.3) is 24.0 Å². The predicted molar refractivity (Wildman–Crippen MR) is 78.4 cm³/mol. The Balaban J connectivity index is 2.69. The molecule has 1 aromatic heterocycles. The molecule has 110 valence electrons. The van der Waals surface area contributed by atoms with E-state index in [4.69, 9.17) is 9.52 Å². The number of hydrogen-bond donors (Lipinski definition) is 2. The molecule has 0 unspecified atom stereocenters. The van der Waals surface area contributed by atoms with E-state index in [0.29, 0.717) is 33.9 Å². The Hall–Kier alpha value is -2.40. The van der Waals surface area contributed by atoms with Crippen molar-refractivity contribution in [2.75, 3.05) is 13.7 Å². The van der Waals surface area contributed by atoms with Gasteiger partial charge in [0.2, 0.25) is 0 Å². The van der Waals surface area contributed by atoms with E-state index in [1.54, 1.807) is 6.08 Å². The van der Waals surface area contributed by atoms with Crippen LogP contribution in [0.15, 0.2) is 28.7 Å². The van der Waals surface area contributed by atoms with Gasteiger partial charge in [-0.3, -0.25) is 4.79 Å². The Kier molecular flexibility index (Phi) is 4.55. The van der Waals surface area contributed by atoms with E-state index in [-0.39, 0.29) is 18.3 Å². The Morgan fingerprint density at radius 3 is 2.67 bits per heavy atom. The van der Waals surface area contributed by atoms with Crippen LogP contribution >= 0.6 is 0 Å². The van der Waals surface area contributed by atoms with Crippen LogP contribution in [0.2, 0.25) is 0 Å². The first kappa shape index (κ1) is 15.0. The van der Waals surface area contributed by atoms with Crippen molar-refractivity contribution in [1.82, 2.24) is 5.32 Å². The highest BCUT2D eigenvalue weighted by Gasteiger charge is 2.18. The minimum Gasteiger partial charge on any atom is -0.456 e. The van der Waals surface area contributed by atoms with Crippen LogP contribution in [0.1, 0.15) is 16.8 Å². The second-order valence-electron chi connectivity index (χ2n) is 4.45. The fraction of sp³-hybridized carbons (Fsp3) is 0.188. The zero-order valence-corrected chi connectivity index (χ0v) is 11.6. The van der Waals surface area contributed by atoms with E-state index >= 15 is 0 Å². The maximum atomic E-state index is 13.0. The first-order chi connectivity index (χ1) is 10.1.